The maximum Gasteiger partial charge on any atom is 0.00660 e. The number of hydrogen-bond donors (Lipinski definition) is 0. The molecule has 1 aromatic heterocycles. The molecule has 11 heavy (non-hydrogen) atoms. The molecule has 2 heteroatoms. The first-order chi connectivity index (χ1) is 5.34. The quantitative estimate of drug-likeness (QED) is 0.693. The monoisotopic (exact) mass is 230 g/mol. The molecule has 0 unspecified atom stereocenters. The third-order valence-corrected chi connectivity index (χ3v) is 2.81. The van der Waals surface area contributed by atoms with Gasteiger partial charge < -0.3 is 0 Å². The van der Waals surface area contributed by atoms with Crippen molar-refractivity contribution in [3.63, 3.8) is 0 Å². The van der Waals surface area contributed by atoms with Crippen LogP contribution in [0.25, 0.3) is 6.08 Å². The predicted octanol–water partition coefficient (Wildman–Crippen LogP) is 3.85. The van der Waals surface area contributed by atoms with Gasteiger partial charge in [0.15, 0.2) is 0 Å². The molecule has 0 spiro atoms. The lowest BCUT2D eigenvalue weighted by Gasteiger charge is -1.88. The normalized spacial score (nSPS) is 11.1. The van der Waals surface area contributed by atoms with Crippen molar-refractivity contribution in [3.8, 4) is 0 Å². The first-order valence-corrected chi connectivity index (χ1v) is 5.66. The van der Waals surface area contributed by atoms with Crippen LogP contribution in [-0.4, -0.2) is 5.33 Å². The van der Waals surface area contributed by atoms with Crippen molar-refractivity contribution in [1.82, 2.24) is 0 Å². The summed E-state index contributed by atoms with van der Waals surface area (Å²) in [6, 6.07) is 0. The maximum atomic E-state index is 3.38. The molecule has 0 aliphatic heterocycles. The van der Waals surface area contributed by atoms with E-state index >= 15 is 0 Å². The lowest BCUT2D eigenvalue weighted by molar-refractivity contribution is 1.27. The van der Waals surface area contributed by atoms with Gasteiger partial charge in [-0.15, -0.1) is 0 Å². The first kappa shape index (κ1) is 9.01. The SMILES string of the molecule is Cc1cscc1C=CCCBr. The Balaban J connectivity index is 2.56. The van der Waals surface area contributed by atoms with Gasteiger partial charge in [0, 0.05) is 5.33 Å². The molecule has 0 nitrogen and oxygen atoms in total. The Kier molecular flexibility index (Phi) is 3.87. The fourth-order valence-electron chi connectivity index (χ4n) is 0.814. The highest BCUT2D eigenvalue weighted by Gasteiger charge is 1.91. The average molecular weight is 231 g/mol. The summed E-state index contributed by atoms with van der Waals surface area (Å²) in [6.07, 6.45) is 5.49. The highest BCUT2D eigenvalue weighted by molar-refractivity contribution is 9.09. The molecule has 0 N–H and O–H groups in total. The molecule has 0 aromatic carbocycles. The van der Waals surface area contributed by atoms with Gasteiger partial charge in [-0.1, -0.05) is 28.1 Å². The largest absolute Gasteiger partial charge is 0.152 e. The summed E-state index contributed by atoms with van der Waals surface area (Å²) >= 11 is 5.14. The Labute approximate surface area is 80.1 Å². The molecule has 0 amide bonds. The number of hydrogen-bond acceptors (Lipinski definition) is 1. The zero-order valence-corrected chi connectivity index (χ0v) is 8.91. The number of aryl methyl sites for hydroxylation is 1. The van der Waals surface area contributed by atoms with Gasteiger partial charge in [0.25, 0.3) is 0 Å². The van der Waals surface area contributed by atoms with E-state index < -0.39 is 0 Å². The van der Waals surface area contributed by atoms with Crippen molar-refractivity contribution in [1.29, 1.82) is 0 Å². The van der Waals surface area contributed by atoms with E-state index in [0.717, 1.165) is 11.8 Å². The van der Waals surface area contributed by atoms with Crippen molar-refractivity contribution in [3.05, 3.63) is 28.0 Å². The molecule has 1 heterocycles. The van der Waals surface area contributed by atoms with E-state index in [-0.39, 0.29) is 0 Å². The van der Waals surface area contributed by atoms with Gasteiger partial charge in [-0.25, -0.2) is 0 Å². The Morgan fingerprint density at radius 2 is 2.36 bits per heavy atom. The van der Waals surface area contributed by atoms with E-state index in [1.807, 2.05) is 0 Å². The minimum absolute atomic E-state index is 1.05. The molecule has 0 aliphatic rings. The van der Waals surface area contributed by atoms with Gasteiger partial charge in [-0.05, 0) is 35.2 Å². The van der Waals surface area contributed by atoms with Crippen LogP contribution in [0.2, 0.25) is 0 Å². The van der Waals surface area contributed by atoms with Crippen molar-refractivity contribution >= 4 is 33.3 Å². The number of rotatable bonds is 3. The van der Waals surface area contributed by atoms with Crippen LogP contribution in [0.5, 0.6) is 0 Å². The second kappa shape index (κ2) is 4.73. The third kappa shape index (κ3) is 2.80. The van der Waals surface area contributed by atoms with Crippen LogP contribution in [0.1, 0.15) is 17.5 Å². The fourth-order valence-corrected chi connectivity index (χ4v) is 1.90. The van der Waals surface area contributed by atoms with Gasteiger partial charge >= 0.3 is 0 Å². The lowest BCUT2D eigenvalue weighted by Crippen LogP contribution is -1.70. The van der Waals surface area contributed by atoms with Gasteiger partial charge in [0.05, 0.1) is 0 Å². The summed E-state index contributed by atoms with van der Waals surface area (Å²) in [5.74, 6) is 0. The molecule has 0 radical (unpaired) electrons. The molecule has 60 valence electrons. The van der Waals surface area contributed by atoms with E-state index in [1.54, 1.807) is 11.3 Å². The maximum absolute atomic E-state index is 3.38. The predicted molar refractivity (Wildman–Crippen MR) is 56.5 cm³/mol. The van der Waals surface area contributed by atoms with E-state index in [9.17, 15) is 0 Å². The van der Waals surface area contributed by atoms with Gasteiger partial charge in [-0.3, -0.25) is 0 Å². The van der Waals surface area contributed by atoms with Crippen molar-refractivity contribution in [2.45, 2.75) is 13.3 Å². The second-order valence-electron chi connectivity index (χ2n) is 2.39. The van der Waals surface area contributed by atoms with Crippen molar-refractivity contribution < 1.29 is 0 Å². The Bertz CT molecular complexity index is 237. The topological polar surface area (TPSA) is 0 Å². The lowest BCUT2D eigenvalue weighted by atomic mass is 10.2. The van der Waals surface area contributed by atoms with Crippen LogP contribution >= 0.6 is 27.3 Å². The number of halogens is 1. The molecule has 0 saturated carbocycles. The van der Waals surface area contributed by atoms with Gasteiger partial charge in [-0.2, -0.15) is 11.3 Å². The standard InChI is InChI=1S/C9H11BrS/c1-8-6-11-7-9(8)4-2-3-5-10/h2,4,6-7H,3,5H2,1H3. The minimum atomic E-state index is 1.05. The molecular weight excluding hydrogens is 220 g/mol. The fraction of sp³-hybridized carbons (Fsp3) is 0.333. The van der Waals surface area contributed by atoms with E-state index in [2.05, 4.69) is 45.8 Å². The summed E-state index contributed by atoms with van der Waals surface area (Å²) in [4.78, 5) is 0. The van der Waals surface area contributed by atoms with Crippen LogP contribution in [-0.2, 0) is 0 Å². The molecule has 0 atom stereocenters. The van der Waals surface area contributed by atoms with Gasteiger partial charge in [0.2, 0.25) is 0 Å². The number of alkyl halides is 1. The zero-order valence-electron chi connectivity index (χ0n) is 6.51. The van der Waals surface area contributed by atoms with Crippen molar-refractivity contribution in [2.24, 2.45) is 0 Å². The highest BCUT2D eigenvalue weighted by Crippen LogP contribution is 2.15. The zero-order chi connectivity index (χ0) is 8.10. The summed E-state index contributed by atoms with van der Waals surface area (Å²) in [6.45, 7) is 2.14. The molecule has 0 saturated heterocycles. The Morgan fingerprint density at radius 1 is 1.55 bits per heavy atom. The average Bonchev–Trinajstić information content (AvgIpc) is 2.37. The van der Waals surface area contributed by atoms with E-state index in [4.69, 9.17) is 0 Å². The summed E-state index contributed by atoms with van der Waals surface area (Å²) in [7, 11) is 0. The minimum Gasteiger partial charge on any atom is -0.152 e. The number of allylic oxidation sites excluding steroid dienone is 1. The third-order valence-electron chi connectivity index (χ3n) is 1.47. The van der Waals surface area contributed by atoms with Gasteiger partial charge in [0.1, 0.15) is 0 Å². The first-order valence-electron chi connectivity index (χ1n) is 3.60. The number of thiophene rings is 1. The molecular formula is C9H11BrS. The smallest absolute Gasteiger partial charge is 0.00660 e. The van der Waals surface area contributed by atoms with Crippen LogP contribution in [0.3, 0.4) is 0 Å². The molecule has 0 aliphatic carbocycles. The Morgan fingerprint density at radius 3 is 2.91 bits per heavy atom. The second-order valence-corrected chi connectivity index (χ2v) is 3.93. The molecule has 0 fully saturated rings. The summed E-state index contributed by atoms with van der Waals surface area (Å²) < 4.78 is 0. The summed E-state index contributed by atoms with van der Waals surface area (Å²) in [5.41, 5.74) is 2.73. The molecule has 1 rings (SSSR count). The van der Waals surface area contributed by atoms with Crippen molar-refractivity contribution in [2.75, 3.05) is 5.33 Å². The van der Waals surface area contributed by atoms with Crippen LogP contribution < -0.4 is 0 Å². The van der Waals surface area contributed by atoms with Crippen LogP contribution in [0, 0.1) is 6.92 Å². The highest BCUT2D eigenvalue weighted by atomic mass is 79.9. The Hall–Kier alpha value is -0.0800. The summed E-state index contributed by atoms with van der Waals surface area (Å²) in [5, 5.41) is 5.40. The van der Waals surface area contributed by atoms with E-state index in [1.165, 1.54) is 11.1 Å². The molecule has 0 bridgehead atoms. The van der Waals surface area contributed by atoms with Crippen LogP contribution in [0.15, 0.2) is 16.8 Å². The van der Waals surface area contributed by atoms with Crippen LogP contribution in [0.4, 0.5) is 0 Å². The van der Waals surface area contributed by atoms with E-state index in [0.29, 0.717) is 0 Å². The molecule has 1 aromatic rings.